The van der Waals surface area contributed by atoms with E-state index in [0.29, 0.717) is 19.1 Å². The van der Waals surface area contributed by atoms with Crippen molar-refractivity contribution in [2.75, 3.05) is 19.8 Å². The van der Waals surface area contributed by atoms with E-state index in [1.165, 1.54) is 0 Å². The summed E-state index contributed by atoms with van der Waals surface area (Å²) in [5, 5.41) is 0. The highest BCUT2D eigenvalue weighted by Crippen LogP contribution is 1.98. The zero-order valence-electron chi connectivity index (χ0n) is 7.92. The number of hydrogen-bond acceptors (Lipinski definition) is 3. The van der Waals surface area contributed by atoms with Crippen LogP contribution in [0.5, 0.6) is 0 Å². The number of nitrogens with one attached hydrogen (secondary N) is 1. The van der Waals surface area contributed by atoms with E-state index >= 15 is 0 Å². The first-order valence-corrected chi connectivity index (χ1v) is 6.49. The fraction of sp³-hybridized carbons (Fsp3) is 1.00. The molecule has 0 aliphatic heterocycles. The minimum absolute atomic E-state index is 0.226. The Morgan fingerprint density at radius 2 is 2.00 bits per heavy atom. The van der Waals surface area contributed by atoms with E-state index in [1.54, 1.807) is 0 Å². The predicted molar refractivity (Wildman–Crippen MR) is 53.0 cm³/mol. The lowest BCUT2D eigenvalue weighted by atomic mass is 10.1. The van der Waals surface area contributed by atoms with Crippen molar-refractivity contribution in [2.45, 2.75) is 20.3 Å². The zero-order chi connectivity index (χ0) is 10.3. The average molecular weight is 230 g/mol. The second kappa shape index (κ2) is 6.59. The molecule has 0 aromatic heterocycles. The number of ether oxygens (including phenoxy) is 1. The Labute approximate surface area is 84.2 Å². The molecule has 13 heavy (non-hydrogen) atoms. The summed E-state index contributed by atoms with van der Waals surface area (Å²) in [7, 11) is 1.32. The van der Waals surface area contributed by atoms with Gasteiger partial charge in [-0.15, -0.1) is 0 Å². The van der Waals surface area contributed by atoms with Crippen LogP contribution in [0.1, 0.15) is 20.3 Å². The number of hydrogen-bond donors (Lipinski definition) is 1. The highest BCUT2D eigenvalue weighted by Gasteiger charge is 2.01. The molecule has 6 heteroatoms. The highest BCUT2D eigenvalue weighted by atomic mass is 35.7. The molecule has 0 fully saturated rings. The molecule has 0 aromatic rings. The summed E-state index contributed by atoms with van der Waals surface area (Å²) in [5.41, 5.74) is 0. The average Bonchev–Trinajstić information content (AvgIpc) is 1.93. The Bertz CT molecular complexity index is 216. The van der Waals surface area contributed by atoms with Crippen molar-refractivity contribution in [1.82, 2.24) is 4.72 Å². The van der Waals surface area contributed by atoms with Crippen LogP contribution in [0.3, 0.4) is 0 Å². The maximum absolute atomic E-state index is 10.4. The summed E-state index contributed by atoms with van der Waals surface area (Å²) in [5.74, 6) is 0.602. The van der Waals surface area contributed by atoms with E-state index in [-0.39, 0.29) is 6.54 Å². The molecule has 0 aliphatic carbocycles. The first-order chi connectivity index (χ1) is 5.92. The van der Waals surface area contributed by atoms with E-state index in [9.17, 15) is 8.42 Å². The van der Waals surface area contributed by atoms with E-state index in [2.05, 4.69) is 18.6 Å². The lowest BCUT2D eigenvalue weighted by molar-refractivity contribution is 0.128. The summed E-state index contributed by atoms with van der Waals surface area (Å²) < 4.78 is 28.0. The van der Waals surface area contributed by atoms with Gasteiger partial charge in [0.15, 0.2) is 0 Å². The molecule has 0 aromatic carbocycles. The minimum atomic E-state index is -3.59. The van der Waals surface area contributed by atoms with Gasteiger partial charge in [0.25, 0.3) is 9.24 Å². The highest BCUT2D eigenvalue weighted by molar-refractivity contribution is 8.12. The van der Waals surface area contributed by atoms with Gasteiger partial charge in [0.05, 0.1) is 6.61 Å². The predicted octanol–water partition coefficient (Wildman–Crippen LogP) is 1.12. The number of rotatable bonds is 7. The molecule has 0 rings (SSSR count). The quantitative estimate of drug-likeness (QED) is 0.526. The fourth-order valence-electron chi connectivity index (χ4n) is 0.657. The molecule has 80 valence electrons. The maximum Gasteiger partial charge on any atom is 0.297 e. The van der Waals surface area contributed by atoms with Crippen LogP contribution in [0.15, 0.2) is 0 Å². The monoisotopic (exact) mass is 229 g/mol. The Morgan fingerprint density at radius 3 is 2.46 bits per heavy atom. The normalized spacial score (nSPS) is 12.3. The van der Waals surface area contributed by atoms with Crippen LogP contribution in [0.25, 0.3) is 0 Å². The molecular weight excluding hydrogens is 214 g/mol. The van der Waals surface area contributed by atoms with Crippen LogP contribution in [-0.4, -0.2) is 28.2 Å². The fourth-order valence-corrected chi connectivity index (χ4v) is 1.22. The molecule has 0 amide bonds. The van der Waals surface area contributed by atoms with Crippen molar-refractivity contribution < 1.29 is 13.2 Å². The van der Waals surface area contributed by atoms with Crippen LogP contribution < -0.4 is 4.72 Å². The van der Waals surface area contributed by atoms with Crippen LogP contribution in [0, 0.1) is 5.92 Å². The van der Waals surface area contributed by atoms with E-state index in [1.807, 2.05) is 0 Å². The van der Waals surface area contributed by atoms with Gasteiger partial charge in [-0.25, -0.2) is 0 Å². The molecule has 4 nitrogen and oxygen atoms in total. The van der Waals surface area contributed by atoms with E-state index in [0.717, 1.165) is 6.42 Å². The van der Waals surface area contributed by atoms with Crippen LogP contribution in [-0.2, 0) is 14.0 Å². The first kappa shape index (κ1) is 13.2. The largest absolute Gasteiger partial charge is 0.380 e. The summed E-state index contributed by atoms with van der Waals surface area (Å²) in [4.78, 5) is 0. The lowest BCUT2D eigenvalue weighted by Gasteiger charge is -2.05. The molecule has 0 heterocycles. The van der Waals surface area contributed by atoms with Gasteiger partial charge in [-0.05, 0) is 12.3 Å². The van der Waals surface area contributed by atoms with Crippen molar-refractivity contribution in [1.29, 1.82) is 0 Å². The minimum Gasteiger partial charge on any atom is -0.380 e. The molecule has 1 N–H and O–H groups in total. The van der Waals surface area contributed by atoms with Crippen molar-refractivity contribution >= 4 is 19.9 Å². The van der Waals surface area contributed by atoms with Crippen LogP contribution in [0.2, 0.25) is 0 Å². The van der Waals surface area contributed by atoms with Gasteiger partial charge in [-0.3, -0.25) is 0 Å². The smallest absolute Gasteiger partial charge is 0.297 e. The second-order valence-electron chi connectivity index (χ2n) is 3.13. The van der Waals surface area contributed by atoms with Gasteiger partial charge < -0.3 is 4.74 Å². The maximum atomic E-state index is 10.4. The molecule has 0 saturated heterocycles. The van der Waals surface area contributed by atoms with E-state index in [4.69, 9.17) is 15.4 Å². The summed E-state index contributed by atoms with van der Waals surface area (Å²) in [6, 6.07) is 0. The Morgan fingerprint density at radius 1 is 1.38 bits per heavy atom. The van der Waals surface area contributed by atoms with Crippen molar-refractivity contribution in [3.63, 3.8) is 0 Å². The molecule has 0 aliphatic rings. The number of halogens is 1. The molecular formula is C7H16ClNO3S. The Balaban J connectivity index is 3.18. The topological polar surface area (TPSA) is 55.4 Å². The van der Waals surface area contributed by atoms with Gasteiger partial charge in [0, 0.05) is 23.8 Å². The second-order valence-corrected chi connectivity index (χ2v) is 5.51. The van der Waals surface area contributed by atoms with Crippen LogP contribution in [0.4, 0.5) is 0 Å². The molecule has 0 radical (unpaired) electrons. The molecule has 0 spiro atoms. The van der Waals surface area contributed by atoms with Crippen molar-refractivity contribution in [3.05, 3.63) is 0 Å². The molecule has 0 unspecified atom stereocenters. The van der Waals surface area contributed by atoms with E-state index < -0.39 is 9.24 Å². The van der Waals surface area contributed by atoms with Crippen molar-refractivity contribution in [3.8, 4) is 0 Å². The van der Waals surface area contributed by atoms with Gasteiger partial charge in [-0.1, -0.05) is 13.8 Å². The lowest BCUT2D eigenvalue weighted by Crippen LogP contribution is -2.23. The van der Waals surface area contributed by atoms with Crippen LogP contribution >= 0.6 is 10.7 Å². The summed E-state index contributed by atoms with van der Waals surface area (Å²) in [6.07, 6.45) is 0.980. The molecule has 0 bridgehead atoms. The zero-order valence-corrected chi connectivity index (χ0v) is 9.49. The summed E-state index contributed by atoms with van der Waals surface area (Å²) in [6.45, 7) is 5.44. The Kier molecular flexibility index (Phi) is 6.67. The first-order valence-electron chi connectivity index (χ1n) is 4.19. The Hall–Kier alpha value is 0.160. The van der Waals surface area contributed by atoms with Gasteiger partial charge >= 0.3 is 0 Å². The molecule has 0 saturated carbocycles. The van der Waals surface area contributed by atoms with Gasteiger partial charge in [0.2, 0.25) is 0 Å². The van der Waals surface area contributed by atoms with Gasteiger partial charge in [-0.2, -0.15) is 13.1 Å². The standard InChI is InChI=1S/C7H16ClNO3S/c1-7(2)3-5-12-6-4-9-13(8,10)11/h7,9H,3-6H2,1-2H3. The molecule has 0 atom stereocenters. The third kappa shape index (κ3) is 12.2. The third-order valence-corrected chi connectivity index (χ3v) is 2.24. The third-order valence-electron chi connectivity index (χ3n) is 1.36. The summed E-state index contributed by atoms with van der Waals surface area (Å²) >= 11 is 0. The SMILES string of the molecule is CC(C)CCOCCNS(=O)(=O)Cl. The van der Waals surface area contributed by atoms with Gasteiger partial charge in [0.1, 0.15) is 0 Å². The van der Waals surface area contributed by atoms with Crippen molar-refractivity contribution in [2.24, 2.45) is 5.92 Å².